The third kappa shape index (κ3) is 2.82. The summed E-state index contributed by atoms with van der Waals surface area (Å²) in [5, 5.41) is 11.8. The number of aromatic nitrogens is 2. The fraction of sp³-hybridized carbons (Fsp3) is 0.250. The predicted molar refractivity (Wildman–Crippen MR) is 74.3 cm³/mol. The Labute approximate surface area is 112 Å². The average molecular weight is 279 g/mol. The lowest BCUT2D eigenvalue weighted by atomic mass is 10.3. The van der Waals surface area contributed by atoms with Crippen LogP contribution in [0.1, 0.15) is 17.4 Å². The van der Waals surface area contributed by atoms with E-state index in [4.69, 9.17) is 0 Å². The second-order valence-electron chi connectivity index (χ2n) is 3.79. The molecule has 0 aliphatic heterocycles. The van der Waals surface area contributed by atoms with Gasteiger partial charge in [-0.1, -0.05) is 6.07 Å². The van der Waals surface area contributed by atoms with E-state index in [0.29, 0.717) is 6.54 Å². The molecule has 0 amide bonds. The molecular weight excluding hydrogens is 266 g/mol. The number of aliphatic imine (C=N–C) groups is 1. The number of H-pyrrole nitrogens is 1. The molecule has 0 fully saturated rings. The Morgan fingerprint density at radius 3 is 2.95 bits per heavy atom. The maximum absolute atomic E-state index is 11.6. The van der Waals surface area contributed by atoms with Crippen molar-refractivity contribution in [3.05, 3.63) is 48.8 Å². The first-order valence-corrected chi connectivity index (χ1v) is 6.59. The van der Waals surface area contributed by atoms with Crippen LogP contribution in [-0.4, -0.2) is 20.9 Å². The lowest BCUT2D eigenvalue weighted by Gasteiger charge is -2.05. The van der Waals surface area contributed by atoms with Crippen LogP contribution in [0, 0.1) is 0 Å². The van der Waals surface area contributed by atoms with Crippen molar-refractivity contribution in [3.8, 4) is 5.88 Å². The van der Waals surface area contributed by atoms with Crippen LogP contribution < -0.4 is 11.2 Å². The Hall–Kier alpha value is -2.15. The third-order valence-electron chi connectivity index (χ3n) is 2.57. The molecule has 6 nitrogen and oxygen atoms in total. The number of rotatable bonds is 4. The Morgan fingerprint density at radius 2 is 2.32 bits per heavy atom. The van der Waals surface area contributed by atoms with Crippen molar-refractivity contribution in [1.29, 1.82) is 0 Å². The minimum Gasteiger partial charge on any atom is -0.494 e. The van der Waals surface area contributed by atoms with Crippen LogP contribution in [0.5, 0.6) is 5.88 Å². The van der Waals surface area contributed by atoms with Crippen molar-refractivity contribution < 1.29 is 5.11 Å². The second-order valence-corrected chi connectivity index (χ2v) is 4.82. The molecule has 2 N–H and O–H groups in total. The summed E-state index contributed by atoms with van der Waals surface area (Å²) in [4.78, 5) is 30.3. The number of nitrogens with one attached hydrogen (secondary N) is 1. The monoisotopic (exact) mass is 279 g/mol. The number of hydrogen-bond donors (Lipinski definition) is 2. The van der Waals surface area contributed by atoms with Crippen LogP contribution in [0.15, 0.2) is 32.1 Å². The maximum atomic E-state index is 11.6. The molecule has 0 atom stereocenters. The first-order valence-electron chi connectivity index (χ1n) is 5.71. The molecule has 2 aromatic rings. The molecule has 0 aromatic carbocycles. The van der Waals surface area contributed by atoms with Crippen molar-refractivity contribution in [2.45, 2.75) is 20.0 Å². The molecule has 0 saturated carbocycles. The SMILES string of the molecule is CCn1c(O)c(C=NCc2cccs2)c(=O)[nH]c1=O. The predicted octanol–water partition coefficient (Wildman–Crippen LogP) is 0.943. The van der Waals surface area contributed by atoms with E-state index in [1.165, 1.54) is 6.21 Å². The van der Waals surface area contributed by atoms with Crippen LogP contribution in [0.3, 0.4) is 0 Å². The van der Waals surface area contributed by atoms with Gasteiger partial charge in [0.05, 0.1) is 6.54 Å². The molecule has 100 valence electrons. The minimum atomic E-state index is -0.637. The van der Waals surface area contributed by atoms with Gasteiger partial charge in [-0.05, 0) is 18.4 Å². The highest BCUT2D eigenvalue weighted by atomic mass is 32.1. The topological polar surface area (TPSA) is 87.4 Å². The summed E-state index contributed by atoms with van der Waals surface area (Å²) in [6.07, 6.45) is 1.29. The van der Waals surface area contributed by atoms with E-state index < -0.39 is 11.2 Å². The molecule has 0 unspecified atom stereocenters. The van der Waals surface area contributed by atoms with Gasteiger partial charge in [0.2, 0.25) is 5.88 Å². The van der Waals surface area contributed by atoms with Crippen molar-refractivity contribution in [2.24, 2.45) is 4.99 Å². The molecule has 19 heavy (non-hydrogen) atoms. The molecule has 0 aliphatic carbocycles. The summed E-state index contributed by atoms with van der Waals surface area (Å²) >= 11 is 1.56. The van der Waals surface area contributed by atoms with E-state index in [-0.39, 0.29) is 18.0 Å². The molecule has 0 spiro atoms. The van der Waals surface area contributed by atoms with E-state index >= 15 is 0 Å². The van der Waals surface area contributed by atoms with Crippen molar-refractivity contribution in [1.82, 2.24) is 9.55 Å². The van der Waals surface area contributed by atoms with E-state index in [1.54, 1.807) is 18.3 Å². The van der Waals surface area contributed by atoms with Crippen LogP contribution in [-0.2, 0) is 13.1 Å². The normalized spacial score (nSPS) is 11.2. The number of aromatic hydroxyl groups is 1. The first-order chi connectivity index (χ1) is 9.13. The Balaban J connectivity index is 2.32. The van der Waals surface area contributed by atoms with Gasteiger partial charge in [0.1, 0.15) is 5.56 Å². The van der Waals surface area contributed by atoms with E-state index in [2.05, 4.69) is 9.98 Å². The highest BCUT2D eigenvalue weighted by Gasteiger charge is 2.10. The summed E-state index contributed by atoms with van der Waals surface area (Å²) in [7, 11) is 0. The minimum absolute atomic E-state index is 0.00185. The van der Waals surface area contributed by atoms with E-state index in [1.807, 2.05) is 17.5 Å². The Kier molecular flexibility index (Phi) is 3.96. The van der Waals surface area contributed by atoms with E-state index in [0.717, 1.165) is 9.44 Å². The van der Waals surface area contributed by atoms with Crippen LogP contribution in [0.2, 0.25) is 0 Å². The van der Waals surface area contributed by atoms with Gasteiger partial charge in [-0.3, -0.25) is 19.3 Å². The molecule has 2 rings (SSSR count). The van der Waals surface area contributed by atoms with Gasteiger partial charge in [-0.15, -0.1) is 11.3 Å². The number of aromatic amines is 1. The maximum Gasteiger partial charge on any atom is 0.331 e. The van der Waals surface area contributed by atoms with Gasteiger partial charge >= 0.3 is 5.69 Å². The second kappa shape index (κ2) is 5.66. The summed E-state index contributed by atoms with van der Waals surface area (Å²) in [5.74, 6) is -0.355. The highest BCUT2D eigenvalue weighted by molar-refractivity contribution is 7.09. The summed E-state index contributed by atoms with van der Waals surface area (Å²) in [5.41, 5.74) is -1.26. The van der Waals surface area contributed by atoms with Crippen molar-refractivity contribution in [2.75, 3.05) is 0 Å². The Bertz CT molecular complexity index is 698. The largest absolute Gasteiger partial charge is 0.494 e. The zero-order chi connectivity index (χ0) is 13.8. The first kappa shape index (κ1) is 13.3. The van der Waals surface area contributed by atoms with Crippen LogP contribution in [0.25, 0.3) is 0 Å². The smallest absolute Gasteiger partial charge is 0.331 e. The highest BCUT2D eigenvalue weighted by Crippen LogP contribution is 2.11. The molecule has 7 heteroatoms. The lowest BCUT2D eigenvalue weighted by molar-refractivity contribution is 0.404. The molecular formula is C12H13N3O3S. The molecule has 0 bridgehead atoms. The third-order valence-corrected chi connectivity index (χ3v) is 3.43. The molecule has 0 saturated heterocycles. The van der Waals surface area contributed by atoms with E-state index in [9.17, 15) is 14.7 Å². The molecule has 0 radical (unpaired) electrons. The van der Waals surface area contributed by atoms with Gasteiger partial charge in [0, 0.05) is 17.6 Å². The van der Waals surface area contributed by atoms with Gasteiger partial charge in [-0.2, -0.15) is 0 Å². The van der Waals surface area contributed by atoms with Crippen molar-refractivity contribution in [3.63, 3.8) is 0 Å². The quantitative estimate of drug-likeness (QED) is 0.817. The fourth-order valence-corrected chi connectivity index (χ4v) is 2.25. The lowest BCUT2D eigenvalue weighted by Crippen LogP contribution is -2.31. The van der Waals surface area contributed by atoms with Gasteiger partial charge < -0.3 is 5.11 Å². The molecule has 2 aromatic heterocycles. The number of hydrogen-bond acceptors (Lipinski definition) is 5. The van der Waals surface area contributed by atoms with Crippen LogP contribution >= 0.6 is 11.3 Å². The van der Waals surface area contributed by atoms with Crippen LogP contribution in [0.4, 0.5) is 0 Å². The van der Waals surface area contributed by atoms with Gasteiger partial charge in [0.15, 0.2) is 0 Å². The number of nitrogens with zero attached hydrogens (tertiary/aromatic N) is 2. The van der Waals surface area contributed by atoms with Gasteiger partial charge in [-0.25, -0.2) is 4.79 Å². The molecule has 2 heterocycles. The Morgan fingerprint density at radius 1 is 1.53 bits per heavy atom. The summed E-state index contributed by atoms with van der Waals surface area (Å²) < 4.78 is 1.08. The zero-order valence-electron chi connectivity index (χ0n) is 10.3. The van der Waals surface area contributed by atoms with Gasteiger partial charge in [0.25, 0.3) is 5.56 Å². The summed E-state index contributed by atoms with van der Waals surface area (Å²) in [6, 6.07) is 3.84. The average Bonchev–Trinajstić information content (AvgIpc) is 2.86. The fourth-order valence-electron chi connectivity index (χ4n) is 1.61. The zero-order valence-corrected chi connectivity index (χ0v) is 11.1. The van der Waals surface area contributed by atoms with Crippen molar-refractivity contribution >= 4 is 17.6 Å². The number of thiophene rings is 1. The summed E-state index contributed by atoms with van der Waals surface area (Å²) in [6.45, 7) is 2.40. The standard InChI is InChI=1S/C12H13N3O3S/c1-2-15-11(17)9(10(16)14-12(15)18)7-13-6-8-4-3-5-19-8/h3-5,7,17H,2,6H2,1H3,(H,14,16,18). The molecule has 0 aliphatic rings.